The number of aliphatic imine (C=N–C) groups is 1. The van der Waals surface area contributed by atoms with Crippen molar-refractivity contribution in [1.29, 1.82) is 0 Å². The van der Waals surface area contributed by atoms with Gasteiger partial charge in [0.15, 0.2) is 5.96 Å². The largest absolute Gasteiger partial charge is 0.497 e. The molecule has 0 saturated carbocycles. The number of anilines is 1. The van der Waals surface area contributed by atoms with Crippen LogP contribution in [0.4, 0.5) is 5.69 Å². The highest BCUT2D eigenvalue weighted by Crippen LogP contribution is 2.22. The van der Waals surface area contributed by atoms with E-state index in [0.29, 0.717) is 5.92 Å². The summed E-state index contributed by atoms with van der Waals surface area (Å²) in [5, 5.41) is 7.80. The van der Waals surface area contributed by atoms with Gasteiger partial charge in [0, 0.05) is 70.5 Å². The normalized spacial score (nSPS) is 16.3. The molecule has 1 saturated heterocycles. The summed E-state index contributed by atoms with van der Waals surface area (Å²) in [6, 6.07) is 10.2. The predicted molar refractivity (Wildman–Crippen MR) is 110 cm³/mol. The van der Waals surface area contributed by atoms with Crippen molar-refractivity contribution in [2.45, 2.75) is 13.5 Å². The Morgan fingerprint density at radius 3 is 2.74 bits per heavy atom. The second-order valence-electron chi connectivity index (χ2n) is 6.94. The Kier molecular flexibility index (Phi) is 6.57. The minimum atomic E-state index is 0.472. The van der Waals surface area contributed by atoms with Gasteiger partial charge < -0.3 is 19.9 Å². The fourth-order valence-electron chi connectivity index (χ4n) is 3.37. The average molecular weight is 371 g/mol. The molecule has 1 aromatic heterocycles. The summed E-state index contributed by atoms with van der Waals surface area (Å²) in [6.45, 7) is 7.84. The first-order chi connectivity index (χ1) is 13.2. The van der Waals surface area contributed by atoms with Crippen LogP contribution >= 0.6 is 0 Å². The number of aromatic nitrogens is 2. The molecule has 1 aliphatic rings. The van der Waals surface area contributed by atoms with Crippen LogP contribution in [0.15, 0.2) is 47.7 Å². The molecule has 3 rings (SSSR count). The molecule has 0 radical (unpaired) electrons. The lowest BCUT2D eigenvalue weighted by molar-refractivity contribution is 0.363. The zero-order chi connectivity index (χ0) is 19.1. The zero-order valence-corrected chi connectivity index (χ0v) is 16.5. The molecule has 7 nitrogen and oxygen atoms in total. The smallest absolute Gasteiger partial charge is 0.193 e. The van der Waals surface area contributed by atoms with Crippen molar-refractivity contribution >= 4 is 11.6 Å². The van der Waals surface area contributed by atoms with Crippen LogP contribution in [0.2, 0.25) is 0 Å². The van der Waals surface area contributed by atoms with Gasteiger partial charge in [0.2, 0.25) is 0 Å². The molecule has 2 aromatic rings. The van der Waals surface area contributed by atoms with Crippen molar-refractivity contribution in [3.8, 4) is 5.75 Å². The van der Waals surface area contributed by atoms with E-state index in [2.05, 4.69) is 44.3 Å². The lowest BCUT2D eigenvalue weighted by Gasteiger charge is -2.38. The van der Waals surface area contributed by atoms with E-state index in [0.717, 1.165) is 51.0 Å². The van der Waals surface area contributed by atoms with Crippen LogP contribution in [0.1, 0.15) is 6.92 Å². The lowest BCUT2D eigenvalue weighted by Crippen LogP contribution is -2.53. The molecule has 146 valence electrons. The second kappa shape index (κ2) is 9.30. The lowest BCUT2D eigenvalue weighted by atomic mass is 10.2. The molecular weight excluding hydrogens is 340 g/mol. The van der Waals surface area contributed by atoms with Gasteiger partial charge in [-0.05, 0) is 24.1 Å². The number of benzene rings is 1. The van der Waals surface area contributed by atoms with Crippen LogP contribution in [0.3, 0.4) is 0 Å². The van der Waals surface area contributed by atoms with Gasteiger partial charge in [0.05, 0.1) is 7.11 Å². The van der Waals surface area contributed by atoms with E-state index in [9.17, 15) is 0 Å². The van der Waals surface area contributed by atoms with Crippen LogP contribution in [0.25, 0.3) is 0 Å². The average Bonchev–Trinajstić information content (AvgIpc) is 3.22. The van der Waals surface area contributed by atoms with Crippen molar-refractivity contribution < 1.29 is 4.74 Å². The summed E-state index contributed by atoms with van der Waals surface area (Å²) in [7, 11) is 3.56. The molecule has 0 spiro atoms. The van der Waals surface area contributed by atoms with Crippen molar-refractivity contribution in [3.63, 3.8) is 0 Å². The molecule has 1 aromatic carbocycles. The Morgan fingerprint density at radius 2 is 2.07 bits per heavy atom. The van der Waals surface area contributed by atoms with E-state index in [-0.39, 0.29) is 0 Å². The molecular formula is C20H30N6O. The third kappa shape index (κ3) is 5.15. The van der Waals surface area contributed by atoms with Gasteiger partial charge >= 0.3 is 0 Å². The van der Waals surface area contributed by atoms with Crippen molar-refractivity contribution in [3.05, 3.63) is 42.7 Å². The molecule has 27 heavy (non-hydrogen) atoms. The maximum absolute atomic E-state index is 5.34. The van der Waals surface area contributed by atoms with E-state index in [4.69, 9.17) is 4.74 Å². The Bertz CT molecular complexity index is 722. The fraction of sp³-hybridized carbons (Fsp3) is 0.500. The number of guanidine groups is 1. The fourth-order valence-corrected chi connectivity index (χ4v) is 3.37. The van der Waals surface area contributed by atoms with Gasteiger partial charge in [-0.1, -0.05) is 13.0 Å². The van der Waals surface area contributed by atoms with E-state index in [1.54, 1.807) is 7.11 Å². The molecule has 2 heterocycles. The highest BCUT2D eigenvalue weighted by Gasteiger charge is 2.20. The third-order valence-corrected chi connectivity index (χ3v) is 4.88. The van der Waals surface area contributed by atoms with E-state index >= 15 is 0 Å². The van der Waals surface area contributed by atoms with Crippen molar-refractivity contribution in [2.24, 2.45) is 10.9 Å². The Morgan fingerprint density at radius 1 is 1.26 bits per heavy atom. The monoisotopic (exact) mass is 370 g/mol. The Balaban J connectivity index is 1.48. The summed E-state index contributed by atoms with van der Waals surface area (Å²) >= 11 is 0. The van der Waals surface area contributed by atoms with Gasteiger partial charge in [-0.25, -0.2) is 0 Å². The van der Waals surface area contributed by atoms with Crippen LogP contribution in [-0.4, -0.2) is 67.5 Å². The summed E-state index contributed by atoms with van der Waals surface area (Å²) < 4.78 is 7.32. The summed E-state index contributed by atoms with van der Waals surface area (Å²) in [5.41, 5.74) is 1.21. The number of nitrogens with zero attached hydrogens (tertiary/aromatic N) is 5. The van der Waals surface area contributed by atoms with E-state index in [1.165, 1.54) is 5.69 Å². The first-order valence-electron chi connectivity index (χ1n) is 9.51. The molecule has 1 unspecified atom stereocenters. The molecule has 1 atom stereocenters. The molecule has 1 N–H and O–H groups in total. The van der Waals surface area contributed by atoms with Crippen LogP contribution < -0.4 is 15.0 Å². The van der Waals surface area contributed by atoms with Gasteiger partial charge in [-0.15, -0.1) is 0 Å². The maximum Gasteiger partial charge on any atom is 0.193 e. The number of hydrogen-bond acceptors (Lipinski definition) is 4. The SMILES string of the molecule is CN=C(NCC(C)Cn1cccn1)N1CCN(c2cccc(OC)c2)CC1. The highest BCUT2D eigenvalue weighted by atomic mass is 16.5. The van der Waals surface area contributed by atoms with Gasteiger partial charge in [0.1, 0.15) is 5.75 Å². The Labute approximate surface area is 161 Å². The third-order valence-electron chi connectivity index (χ3n) is 4.88. The topological polar surface area (TPSA) is 57.9 Å². The van der Waals surface area contributed by atoms with Crippen molar-refractivity contribution in [2.75, 3.05) is 51.8 Å². The summed E-state index contributed by atoms with van der Waals surface area (Å²) in [5.74, 6) is 2.35. The Hall–Kier alpha value is -2.70. The predicted octanol–water partition coefficient (Wildman–Crippen LogP) is 1.93. The van der Waals surface area contributed by atoms with Gasteiger partial charge in [0.25, 0.3) is 0 Å². The minimum Gasteiger partial charge on any atom is -0.497 e. The number of rotatable bonds is 6. The molecule has 0 amide bonds. The standard InChI is InChI=1S/C20H30N6O/c1-17(16-26-9-5-8-23-26)15-22-20(21-2)25-12-10-24(11-13-25)18-6-4-7-19(14-18)27-3/h4-9,14,17H,10-13,15-16H2,1-3H3,(H,21,22). The van der Waals surface area contributed by atoms with Crippen molar-refractivity contribution in [1.82, 2.24) is 20.0 Å². The second-order valence-corrected chi connectivity index (χ2v) is 6.94. The van der Waals surface area contributed by atoms with E-state index < -0.39 is 0 Å². The van der Waals surface area contributed by atoms with Crippen LogP contribution in [0.5, 0.6) is 5.75 Å². The van der Waals surface area contributed by atoms with E-state index in [1.807, 2.05) is 42.3 Å². The first-order valence-corrected chi connectivity index (χ1v) is 9.51. The molecule has 0 aliphatic carbocycles. The van der Waals surface area contributed by atoms with Crippen LogP contribution in [-0.2, 0) is 6.54 Å². The summed E-state index contributed by atoms with van der Waals surface area (Å²) in [6.07, 6.45) is 3.82. The minimum absolute atomic E-state index is 0.472. The zero-order valence-electron chi connectivity index (χ0n) is 16.5. The number of hydrogen-bond donors (Lipinski definition) is 1. The molecule has 1 fully saturated rings. The molecule has 7 heteroatoms. The molecule has 0 bridgehead atoms. The van der Waals surface area contributed by atoms with Crippen LogP contribution in [0, 0.1) is 5.92 Å². The summed E-state index contributed by atoms with van der Waals surface area (Å²) in [4.78, 5) is 9.20. The molecule has 1 aliphatic heterocycles. The maximum atomic E-state index is 5.34. The van der Waals surface area contributed by atoms with Gasteiger partial charge in [-0.2, -0.15) is 5.10 Å². The number of nitrogens with one attached hydrogen (secondary N) is 1. The van der Waals surface area contributed by atoms with Gasteiger partial charge in [-0.3, -0.25) is 9.67 Å². The number of methoxy groups -OCH3 is 1. The number of ether oxygens (including phenoxy) is 1. The first kappa shape index (κ1) is 19.1. The highest BCUT2D eigenvalue weighted by molar-refractivity contribution is 5.80. The number of piperazine rings is 1. The quantitative estimate of drug-likeness (QED) is 0.622.